The molecule has 6 aliphatic rings. The maximum atomic E-state index is 12.4. The molecule has 6 saturated heterocycles. The van der Waals surface area contributed by atoms with Crippen molar-refractivity contribution in [2.75, 3.05) is 13.2 Å². The largest absolute Gasteiger partial charge is 0.481 e. The number of aliphatic carboxylic acids is 1. The van der Waals surface area contributed by atoms with E-state index >= 15 is 0 Å². The summed E-state index contributed by atoms with van der Waals surface area (Å²) in [6, 6.07) is 0. The summed E-state index contributed by atoms with van der Waals surface area (Å²) in [6.45, 7) is 5.62. The summed E-state index contributed by atoms with van der Waals surface area (Å²) < 4.78 is 72.6. The molecule has 6 fully saturated rings. The van der Waals surface area contributed by atoms with E-state index in [1.807, 2.05) is 6.92 Å². The van der Waals surface area contributed by atoms with Crippen molar-refractivity contribution in [1.82, 2.24) is 0 Å². The zero-order valence-electron chi connectivity index (χ0n) is 45.4. The first kappa shape index (κ1) is 67.5. The van der Waals surface area contributed by atoms with Gasteiger partial charge in [0.05, 0.1) is 56.3 Å². The summed E-state index contributed by atoms with van der Waals surface area (Å²) in [6.07, 6.45) is -48.5. The van der Waals surface area contributed by atoms with E-state index < -0.39 is 216 Å². The average Bonchev–Trinajstić information content (AvgIpc) is 3.41. The molecule has 0 radical (unpaired) electrons. The number of aliphatic hydroxyl groups excluding tert-OH is 16. The van der Waals surface area contributed by atoms with Gasteiger partial charge in [-0.25, -0.2) is 0 Å². The van der Waals surface area contributed by atoms with Crippen LogP contribution in [0.15, 0.2) is 0 Å². The van der Waals surface area contributed by atoms with Crippen molar-refractivity contribution in [3.63, 3.8) is 0 Å². The van der Waals surface area contributed by atoms with Gasteiger partial charge in [-0.1, -0.05) is 45.4 Å². The Morgan fingerprint density at radius 1 is 0.400 bits per heavy atom. The third kappa shape index (κ3) is 16.2. The van der Waals surface area contributed by atoms with Gasteiger partial charge < -0.3 is 144 Å². The molecule has 0 aromatic rings. The second kappa shape index (κ2) is 30.6. The van der Waals surface area contributed by atoms with Crippen LogP contribution < -0.4 is 0 Å². The van der Waals surface area contributed by atoms with Gasteiger partial charge in [-0.05, 0) is 47.0 Å². The normalized spacial score (nSPS) is 47.4. The van der Waals surface area contributed by atoms with E-state index in [2.05, 4.69) is 0 Å². The molecule has 80 heavy (non-hydrogen) atoms. The molecule has 30 heteroatoms. The minimum Gasteiger partial charge on any atom is -0.481 e. The summed E-state index contributed by atoms with van der Waals surface area (Å²) in [5.74, 6) is -1.08. The van der Waals surface area contributed by atoms with Crippen LogP contribution in [0.3, 0.4) is 0 Å². The van der Waals surface area contributed by atoms with E-state index in [0.29, 0.717) is 38.5 Å². The van der Waals surface area contributed by atoms with Gasteiger partial charge in [-0.2, -0.15) is 0 Å². The molecule has 17 N–H and O–H groups in total. The molecule has 32 atom stereocenters. The second-order valence-electron chi connectivity index (χ2n) is 21.8. The fourth-order valence-electron chi connectivity index (χ4n) is 10.7. The minimum atomic E-state index is -2.21. The summed E-state index contributed by atoms with van der Waals surface area (Å²) in [5.41, 5.74) is 0. The number of hydrogen-bond acceptors (Lipinski definition) is 29. The Morgan fingerprint density at radius 3 is 1.25 bits per heavy atom. The van der Waals surface area contributed by atoms with Gasteiger partial charge in [-0.3, -0.25) is 4.79 Å². The van der Waals surface area contributed by atoms with Crippen LogP contribution in [0.2, 0.25) is 0 Å². The maximum Gasteiger partial charge on any atom is 0.305 e. The fraction of sp³-hybridized carbons (Fsp3) is 0.980. The predicted molar refractivity (Wildman–Crippen MR) is 262 cm³/mol. The van der Waals surface area contributed by atoms with Crippen LogP contribution in [0, 0.1) is 0 Å². The maximum absolute atomic E-state index is 12.4. The first-order chi connectivity index (χ1) is 37.8. The molecule has 0 bridgehead atoms. The van der Waals surface area contributed by atoms with E-state index in [9.17, 15) is 86.5 Å². The molecule has 6 rings (SSSR count). The predicted octanol–water partition coefficient (Wildman–Crippen LogP) is -6.23. The number of rotatable bonds is 26. The van der Waals surface area contributed by atoms with Crippen molar-refractivity contribution >= 4 is 5.97 Å². The molecule has 0 aliphatic carbocycles. The number of ether oxygens (including phenoxy) is 12. The van der Waals surface area contributed by atoms with Gasteiger partial charge in [-0.15, -0.1) is 0 Å². The van der Waals surface area contributed by atoms with Gasteiger partial charge in [0.25, 0.3) is 0 Å². The van der Waals surface area contributed by atoms with Crippen LogP contribution in [-0.2, 0) is 61.6 Å². The summed E-state index contributed by atoms with van der Waals surface area (Å²) in [7, 11) is 0. The van der Waals surface area contributed by atoms with Crippen LogP contribution in [0.4, 0.5) is 0 Å². The fourth-order valence-corrected chi connectivity index (χ4v) is 10.7. The van der Waals surface area contributed by atoms with E-state index in [0.717, 1.165) is 19.3 Å². The van der Waals surface area contributed by atoms with Crippen molar-refractivity contribution in [3.8, 4) is 0 Å². The molecule has 0 aromatic carbocycles. The Kier molecular flexibility index (Phi) is 25.8. The lowest BCUT2D eigenvalue weighted by atomic mass is 9.95. The molecular formula is C50H88O30. The van der Waals surface area contributed by atoms with Gasteiger partial charge >= 0.3 is 5.97 Å². The minimum absolute atomic E-state index is 0.330. The topological polar surface area (TPSA) is 472 Å². The summed E-state index contributed by atoms with van der Waals surface area (Å²) in [4.78, 5) is 10.9. The van der Waals surface area contributed by atoms with Crippen LogP contribution in [0.5, 0.6) is 0 Å². The highest BCUT2D eigenvalue weighted by Gasteiger charge is 2.58. The Labute approximate surface area is 462 Å². The Hall–Kier alpha value is -1.65. The molecular weight excluding hydrogens is 1080 g/mol. The van der Waals surface area contributed by atoms with Crippen molar-refractivity contribution in [2.45, 2.75) is 295 Å². The summed E-state index contributed by atoms with van der Waals surface area (Å²) >= 11 is 0. The molecule has 30 nitrogen and oxygen atoms in total. The van der Waals surface area contributed by atoms with Gasteiger partial charge in [0, 0.05) is 0 Å². The van der Waals surface area contributed by atoms with E-state index in [4.69, 9.17) is 61.9 Å². The van der Waals surface area contributed by atoms with Gasteiger partial charge in [0.15, 0.2) is 37.7 Å². The molecule has 6 aliphatic heterocycles. The number of carboxylic acid groups (broad SMARTS) is 1. The number of aliphatic hydroxyl groups is 16. The third-order valence-corrected chi connectivity index (χ3v) is 15.7. The number of carboxylic acids is 1. The Morgan fingerprint density at radius 2 is 0.775 bits per heavy atom. The Balaban J connectivity index is 1.27. The lowest BCUT2D eigenvalue weighted by Gasteiger charge is -2.51. The number of carbonyl (C=O) groups is 1. The van der Waals surface area contributed by atoms with Crippen LogP contribution in [0.1, 0.15) is 98.8 Å². The SMILES string of the molecule is CCC[C@@H](CCCCCCC[C@H](O)CC(=O)O)O[C@@H]1O[C@H](C)[C@@H](O)[C@H](O)[C@H]1O[C@@H]1O[C@H](CO)[C@@H](O)[C@H](O)[C@H]1O[C@H]1O[C@@H](C)[C@H](O[C@H]2O[C@@H](C)[C@@H](O)[C@@H](O)[C@@H]2O)[C@@H](O[C@@H]2O[C@H](CO)[C@@H](O)[C@H](O)[C@H]2O[C@@H]2O[C@H](C)[C@@H](O)[C@H](O)[C@H]2O)[C@H]1O. The van der Waals surface area contributed by atoms with Gasteiger partial charge in [0.1, 0.15) is 122 Å². The Bertz CT molecular complexity index is 1830. The average molecular weight is 1170 g/mol. The first-order valence-electron chi connectivity index (χ1n) is 27.7. The van der Waals surface area contributed by atoms with E-state index in [-0.39, 0.29) is 6.42 Å². The zero-order chi connectivity index (χ0) is 59.0. The highest BCUT2D eigenvalue weighted by atomic mass is 16.8. The molecule has 0 spiro atoms. The number of unbranched alkanes of at least 4 members (excludes halogenated alkanes) is 4. The van der Waals surface area contributed by atoms with E-state index in [1.54, 1.807) is 0 Å². The lowest BCUT2D eigenvalue weighted by Crippen LogP contribution is -2.69. The van der Waals surface area contributed by atoms with Crippen LogP contribution >= 0.6 is 0 Å². The quantitative estimate of drug-likeness (QED) is 0.0358. The number of hydrogen-bond donors (Lipinski definition) is 17. The third-order valence-electron chi connectivity index (χ3n) is 15.7. The van der Waals surface area contributed by atoms with Crippen molar-refractivity contribution < 1.29 is 148 Å². The van der Waals surface area contributed by atoms with Crippen molar-refractivity contribution in [1.29, 1.82) is 0 Å². The highest BCUT2D eigenvalue weighted by Crippen LogP contribution is 2.39. The molecule has 0 saturated carbocycles. The zero-order valence-corrected chi connectivity index (χ0v) is 45.4. The molecule has 6 heterocycles. The second-order valence-corrected chi connectivity index (χ2v) is 21.8. The molecule has 0 aromatic heterocycles. The van der Waals surface area contributed by atoms with Crippen molar-refractivity contribution in [3.05, 3.63) is 0 Å². The van der Waals surface area contributed by atoms with Crippen LogP contribution in [0.25, 0.3) is 0 Å². The smallest absolute Gasteiger partial charge is 0.305 e. The van der Waals surface area contributed by atoms with Gasteiger partial charge in [0.2, 0.25) is 0 Å². The monoisotopic (exact) mass is 1170 g/mol. The summed E-state index contributed by atoms with van der Waals surface area (Å²) in [5, 5.41) is 184. The van der Waals surface area contributed by atoms with E-state index in [1.165, 1.54) is 27.7 Å². The molecule has 0 unspecified atom stereocenters. The molecule has 0 amide bonds. The highest BCUT2D eigenvalue weighted by molar-refractivity contribution is 5.67. The first-order valence-corrected chi connectivity index (χ1v) is 27.7. The standard InChI is InChI=1S/C50H88O30/c1-6-12-23(14-11-9-7-8-10-13-22(53)15-26(54)55)73-48-42(34(63)29(58)20(4)71-48)80-50-44(36(65)31(60)25(17-52)75-50)79-47-39(68)41(40(21(5)72-47)76-45-37(66)32(61)27(56)18(2)69-45)77-49-43(35(64)30(59)24(16-51)74-49)78-46-38(67)33(62)28(57)19(3)70-46/h18-25,27-53,56-68H,6-17H2,1-5H3,(H,54,55)/t18-,19+,20+,21-,22-,23-,24+,25+,27+,28+,29+,30+,31+,32+,33-,34-,35-,36-,37-,38+,39+,40-,41-,42+,43+,44+,45+,46-,47+,48-,49-,50-/m0/s1. The molecule has 468 valence electrons. The van der Waals surface area contributed by atoms with Crippen LogP contribution in [-0.4, -0.2) is 302 Å². The lowest BCUT2D eigenvalue weighted by molar-refractivity contribution is -0.414. The van der Waals surface area contributed by atoms with Crippen molar-refractivity contribution in [2.24, 2.45) is 0 Å².